The molecule has 0 aromatic rings. The summed E-state index contributed by atoms with van der Waals surface area (Å²) in [6, 6.07) is 0. The molecule has 0 aromatic carbocycles. The number of halogens is 4. The molecule has 0 aliphatic rings. The van der Waals surface area contributed by atoms with Gasteiger partial charge in [-0.25, -0.2) is 0 Å². The highest BCUT2D eigenvalue weighted by Crippen LogP contribution is 2.20. The van der Waals surface area contributed by atoms with Gasteiger partial charge in [0.25, 0.3) is 0 Å². The molecule has 13 heavy (non-hydrogen) atoms. The minimum atomic E-state index is -4.43. The number of amides is 1. The van der Waals surface area contributed by atoms with Gasteiger partial charge in [0.15, 0.2) is 0 Å². The molecule has 0 aliphatic heterocycles. The first-order valence-corrected chi connectivity index (χ1v) is 4.34. The van der Waals surface area contributed by atoms with E-state index in [9.17, 15) is 18.0 Å². The van der Waals surface area contributed by atoms with Gasteiger partial charge in [0, 0.05) is 19.0 Å². The van der Waals surface area contributed by atoms with Gasteiger partial charge < -0.3 is 4.90 Å². The average molecular weight is 218 g/mol. The monoisotopic (exact) mass is 217 g/mol. The van der Waals surface area contributed by atoms with Gasteiger partial charge in [0.05, 0.1) is 0 Å². The number of rotatable bonds is 4. The van der Waals surface area contributed by atoms with Gasteiger partial charge >= 0.3 is 6.18 Å². The summed E-state index contributed by atoms with van der Waals surface area (Å²) in [5.41, 5.74) is 0. The van der Waals surface area contributed by atoms with Gasteiger partial charge in [0.2, 0.25) is 5.91 Å². The van der Waals surface area contributed by atoms with Crippen molar-refractivity contribution in [3.63, 3.8) is 0 Å². The zero-order chi connectivity index (χ0) is 10.5. The quantitative estimate of drug-likeness (QED) is 0.660. The SMILES string of the molecule is CCN(CCCl)C(=O)CC(F)(F)F. The van der Waals surface area contributed by atoms with Crippen LogP contribution in [0.15, 0.2) is 0 Å². The summed E-state index contributed by atoms with van der Waals surface area (Å²) in [4.78, 5) is 12.0. The Morgan fingerprint density at radius 3 is 2.31 bits per heavy atom. The number of hydrogen-bond acceptors (Lipinski definition) is 1. The van der Waals surface area contributed by atoms with Crippen molar-refractivity contribution in [2.24, 2.45) is 0 Å². The predicted molar refractivity (Wildman–Crippen MR) is 43.6 cm³/mol. The molecule has 2 nitrogen and oxygen atoms in total. The van der Waals surface area contributed by atoms with Crippen LogP contribution in [0, 0.1) is 0 Å². The van der Waals surface area contributed by atoms with Crippen LogP contribution in [0.3, 0.4) is 0 Å². The second kappa shape index (κ2) is 5.32. The summed E-state index contributed by atoms with van der Waals surface area (Å²) in [5, 5.41) is 0. The highest BCUT2D eigenvalue weighted by molar-refractivity contribution is 6.18. The summed E-state index contributed by atoms with van der Waals surface area (Å²) in [5.74, 6) is -0.770. The molecule has 0 saturated heterocycles. The molecule has 1 amide bonds. The molecule has 78 valence electrons. The Balaban J connectivity index is 4.06. The van der Waals surface area contributed by atoms with Gasteiger partial charge in [0.1, 0.15) is 6.42 Å². The van der Waals surface area contributed by atoms with Gasteiger partial charge in [-0.1, -0.05) is 0 Å². The summed E-state index contributed by atoms with van der Waals surface area (Å²) in [6.45, 7) is 2.02. The molecule has 0 rings (SSSR count). The lowest BCUT2D eigenvalue weighted by molar-refractivity contribution is -0.161. The first kappa shape index (κ1) is 12.6. The number of carbonyl (C=O) groups excluding carboxylic acids is 1. The first-order valence-electron chi connectivity index (χ1n) is 3.81. The Kier molecular flexibility index (Phi) is 5.13. The van der Waals surface area contributed by atoms with Crippen molar-refractivity contribution >= 4 is 17.5 Å². The van der Waals surface area contributed by atoms with Crippen LogP contribution < -0.4 is 0 Å². The highest BCUT2D eigenvalue weighted by Gasteiger charge is 2.32. The summed E-state index contributed by atoms with van der Waals surface area (Å²) in [7, 11) is 0. The third kappa shape index (κ3) is 5.74. The maximum Gasteiger partial charge on any atom is 0.397 e. The van der Waals surface area contributed by atoms with E-state index in [0.29, 0.717) is 0 Å². The van der Waals surface area contributed by atoms with Crippen molar-refractivity contribution < 1.29 is 18.0 Å². The topological polar surface area (TPSA) is 20.3 Å². The Hall–Kier alpha value is -0.450. The van der Waals surface area contributed by atoms with Crippen molar-refractivity contribution in [1.82, 2.24) is 4.90 Å². The number of nitrogens with zero attached hydrogens (tertiary/aromatic N) is 1. The molecule has 0 N–H and O–H groups in total. The Labute approximate surface area is 79.7 Å². The molecule has 0 spiro atoms. The van der Waals surface area contributed by atoms with Crippen LogP contribution in [0.2, 0.25) is 0 Å². The van der Waals surface area contributed by atoms with Crippen LogP contribution in [-0.2, 0) is 4.79 Å². The molecule has 0 fully saturated rings. The van der Waals surface area contributed by atoms with Crippen molar-refractivity contribution in [3.05, 3.63) is 0 Å². The van der Waals surface area contributed by atoms with Crippen LogP contribution >= 0.6 is 11.6 Å². The van der Waals surface area contributed by atoms with Crippen LogP contribution in [0.5, 0.6) is 0 Å². The molecule has 0 radical (unpaired) electrons. The third-order valence-corrected chi connectivity index (χ3v) is 1.61. The van der Waals surface area contributed by atoms with Gasteiger partial charge in [-0.2, -0.15) is 13.2 Å². The lowest BCUT2D eigenvalue weighted by Gasteiger charge is -2.20. The number of hydrogen-bond donors (Lipinski definition) is 0. The largest absolute Gasteiger partial charge is 0.397 e. The molecule has 0 unspecified atom stereocenters. The first-order chi connectivity index (χ1) is 5.90. The molecule has 0 bridgehead atoms. The van der Waals surface area contributed by atoms with Crippen LogP contribution in [0.1, 0.15) is 13.3 Å². The smallest absolute Gasteiger partial charge is 0.341 e. The number of alkyl halides is 4. The fourth-order valence-electron chi connectivity index (χ4n) is 0.844. The Morgan fingerprint density at radius 2 is 2.00 bits per heavy atom. The zero-order valence-electron chi connectivity index (χ0n) is 7.20. The maximum atomic E-state index is 11.8. The minimum absolute atomic E-state index is 0.150. The van der Waals surface area contributed by atoms with E-state index in [-0.39, 0.29) is 19.0 Å². The number of carbonyl (C=O) groups is 1. The van der Waals surface area contributed by atoms with Gasteiger partial charge in [-0.3, -0.25) is 4.79 Å². The summed E-state index contributed by atoms with van der Waals surface area (Å²) in [6.07, 6.45) is -5.84. The molecular weight excluding hydrogens is 207 g/mol. The normalized spacial score (nSPS) is 11.5. The van der Waals surface area contributed by atoms with Crippen LogP contribution in [-0.4, -0.2) is 36.0 Å². The molecule has 6 heteroatoms. The molecule has 0 heterocycles. The Bertz CT molecular complexity index is 172. The lowest BCUT2D eigenvalue weighted by atomic mass is 10.3. The van der Waals surface area contributed by atoms with Gasteiger partial charge in [-0.05, 0) is 6.92 Å². The average Bonchev–Trinajstić information content (AvgIpc) is 1.96. The van der Waals surface area contributed by atoms with Crippen molar-refractivity contribution in [1.29, 1.82) is 0 Å². The van der Waals surface area contributed by atoms with E-state index in [0.717, 1.165) is 4.90 Å². The van der Waals surface area contributed by atoms with E-state index in [1.165, 1.54) is 0 Å². The van der Waals surface area contributed by atoms with Crippen molar-refractivity contribution in [2.75, 3.05) is 19.0 Å². The third-order valence-electron chi connectivity index (χ3n) is 1.44. The molecular formula is C7H11ClF3NO. The fraction of sp³-hybridized carbons (Fsp3) is 0.857. The maximum absolute atomic E-state index is 11.8. The van der Waals surface area contributed by atoms with Crippen LogP contribution in [0.25, 0.3) is 0 Å². The highest BCUT2D eigenvalue weighted by atomic mass is 35.5. The van der Waals surface area contributed by atoms with Crippen molar-refractivity contribution in [2.45, 2.75) is 19.5 Å². The summed E-state index contributed by atoms with van der Waals surface area (Å²) < 4.78 is 35.3. The van der Waals surface area contributed by atoms with E-state index < -0.39 is 18.5 Å². The Morgan fingerprint density at radius 1 is 1.46 bits per heavy atom. The second-order valence-corrected chi connectivity index (χ2v) is 2.83. The fourth-order valence-corrected chi connectivity index (χ4v) is 1.05. The molecule has 0 atom stereocenters. The minimum Gasteiger partial charge on any atom is -0.341 e. The van der Waals surface area contributed by atoms with E-state index in [1.54, 1.807) is 6.92 Å². The second-order valence-electron chi connectivity index (χ2n) is 2.45. The summed E-state index contributed by atoms with van der Waals surface area (Å²) >= 11 is 5.32. The molecule has 0 aliphatic carbocycles. The van der Waals surface area contributed by atoms with Crippen molar-refractivity contribution in [3.8, 4) is 0 Å². The van der Waals surface area contributed by atoms with E-state index in [4.69, 9.17) is 11.6 Å². The lowest BCUT2D eigenvalue weighted by Crippen LogP contribution is -2.35. The standard InChI is InChI=1S/C7H11ClF3NO/c1-2-12(4-3-8)6(13)5-7(9,10)11/h2-5H2,1H3. The molecule has 0 saturated carbocycles. The van der Waals surface area contributed by atoms with Crippen LogP contribution in [0.4, 0.5) is 13.2 Å². The van der Waals surface area contributed by atoms with E-state index >= 15 is 0 Å². The van der Waals surface area contributed by atoms with E-state index in [1.807, 2.05) is 0 Å². The predicted octanol–water partition coefficient (Wildman–Crippen LogP) is 2.03. The molecule has 0 aromatic heterocycles. The van der Waals surface area contributed by atoms with Gasteiger partial charge in [-0.15, -0.1) is 11.6 Å². The zero-order valence-corrected chi connectivity index (χ0v) is 7.95. The van der Waals surface area contributed by atoms with E-state index in [2.05, 4.69) is 0 Å².